The van der Waals surface area contributed by atoms with Crippen LogP contribution in [0.15, 0.2) is 53.5 Å². The molecule has 4 rings (SSSR count). The van der Waals surface area contributed by atoms with Crippen LogP contribution < -0.4 is 15.8 Å². The quantitative estimate of drug-likeness (QED) is 0.537. The van der Waals surface area contributed by atoms with Gasteiger partial charge in [0.1, 0.15) is 0 Å². The number of nitrogens with one attached hydrogen (secondary N) is 1. The molecule has 1 aliphatic rings. The molecule has 6 nitrogen and oxygen atoms in total. The van der Waals surface area contributed by atoms with Gasteiger partial charge in [-0.25, -0.2) is 4.99 Å². The van der Waals surface area contributed by atoms with Crippen molar-refractivity contribution >= 4 is 28.9 Å². The Hall–Kier alpha value is -3.62. The van der Waals surface area contributed by atoms with Gasteiger partial charge in [0.2, 0.25) is 11.8 Å². The number of aromatic nitrogens is 2. The third-order valence-corrected chi connectivity index (χ3v) is 4.21. The highest BCUT2D eigenvalue weighted by Crippen LogP contribution is 2.40. The van der Waals surface area contributed by atoms with Crippen LogP contribution in [0.4, 0.5) is 36.3 Å². The Bertz CT molecular complexity index is 1080. The fourth-order valence-electron chi connectivity index (χ4n) is 2.92. The van der Waals surface area contributed by atoms with Gasteiger partial charge in [-0.15, -0.1) is 0 Å². The topological polar surface area (TPSA) is 85.4 Å². The standard InChI is InChI=1S/C19H14F3N5O/c1-28-17-15-16(26-18(23)27-17)24-13-5-3-2-4-12(13)14(25-15)10-6-8-11(9-7-10)19(20,21)22/h2-9H,1H3,(H3,23,24,26,27). The molecule has 0 amide bonds. The van der Waals surface area contributed by atoms with Gasteiger partial charge >= 0.3 is 6.18 Å². The minimum Gasteiger partial charge on any atom is -0.479 e. The summed E-state index contributed by atoms with van der Waals surface area (Å²) in [7, 11) is 1.42. The number of aliphatic imine (C=N–C) groups is 1. The lowest BCUT2D eigenvalue weighted by Crippen LogP contribution is -2.08. The zero-order valence-corrected chi connectivity index (χ0v) is 14.6. The van der Waals surface area contributed by atoms with E-state index in [4.69, 9.17) is 10.5 Å². The number of anilines is 3. The molecule has 0 unspecified atom stereocenters. The molecule has 2 heterocycles. The smallest absolute Gasteiger partial charge is 0.416 e. The first kappa shape index (κ1) is 17.8. The molecule has 1 aliphatic heterocycles. The molecular formula is C19H14F3N5O. The molecule has 0 radical (unpaired) electrons. The number of fused-ring (bicyclic) bond motifs is 2. The van der Waals surface area contributed by atoms with Gasteiger partial charge in [-0.2, -0.15) is 23.1 Å². The fraction of sp³-hybridized carbons (Fsp3) is 0.105. The summed E-state index contributed by atoms with van der Waals surface area (Å²) in [6.07, 6.45) is -4.41. The number of nitrogens with two attached hydrogens (primary N) is 1. The first-order chi connectivity index (χ1) is 13.4. The normalized spacial score (nSPS) is 12.9. The largest absolute Gasteiger partial charge is 0.479 e. The molecule has 3 aromatic rings. The first-order valence-electron chi connectivity index (χ1n) is 8.21. The lowest BCUT2D eigenvalue weighted by molar-refractivity contribution is -0.137. The highest BCUT2D eigenvalue weighted by molar-refractivity contribution is 6.18. The third kappa shape index (κ3) is 3.11. The molecule has 142 valence electrons. The predicted molar refractivity (Wildman–Crippen MR) is 99.5 cm³/mol. The number of benzene rings is 2. The summed E-state index contributed by atoms with van der Waals surface area (Å²) in [4.78, 5) is 12.8. The Balaban J connectivity index is 1.94. The minimum atomic E-state index is -4.41. The minimum absolute atomic E-state index is 0.00811. The van der Waals surface area contributed by atoms with Crippen LogP contribution in [0.2, 0.25) is 0 Å². The Labute approximate surface area is 157 Å². The molecule has 0 fully saturated rings. The maximum absolute atomic E-state index is 12.9. The summed E-state index contributed by atoms with van der Waals surface area (Å²) < 4.78 is 44.0. The fourth-order valence-corrected chi connectivity index (χ4v) is 2.92. The number of hydrogen-bond acceptors (Lipinski definition) is 6. The molecular weight excluding hydrogens is 371 g/mol. The maximum atomic E-state index is 12.9. The Morgan fingerprint density at radius 1 is 1.00 bits per heavy atom. The number of alkyl halides is 3. The van der Waals surface area contributed by atoms with Crippen molar-refractivity contribution in [1.82, 2.24) is 9.97 Å². The molecule has 2 aromatic carbocycles. The van der Waals surface area contributed by atoms with Crippen LogP contribution in [0.25, 0.3) is 0 Å². The van der Waals surface area contributed by atoms with Crippen molar-refractivity contribution in [3.05, 3.63) is 65.2 Å². The van der Waals surface area contributed by atoms with Crippen LogP contribution in [0.3, 0.4) is 0 Å². The van der Waals surface area contributed by atoms with E-state index in [1.165, 1.54) is 19.2 Å². The molecule has 0 aliphatic carbocycles. The second-order valence-corrected chi connectivity index (χ2v) is 5.99. The molecule has 0 spiro atoms. The predicted octanol–water partition coefficient (Wildman–Crippen LogP) is 4.31. The van der Waals surface area contributed by atoms with E-state index >= 15 is 0 Å². The van der Waals surface area contributed by atoms with E-state index < -0.39 is 11.7 Å². The van der Waals surface area contributed by atoms with Gasteiger partial charge in [0.25, 0.3) is 0 Å². The van der Waals surface area contributed by atoms with E-state index in [0.717, 1.165) is 12.1 Å². The number of rotatable bonds is 2. The van der Waals surface area contributed by atoms with E-state index in [1.807, 2.05) is 24.3 Å². The van der Waals surface area contributed by atoms with Gasteiger partial charge < -0.3 is 15.8 Å². The Morgan fingerprint density at radius 3 is 2.39 bits per heavy atom. The zero-order valence-electron chi connectivity index (χ0n) is 14.6. The van der Waals surface area contributed by atoms with Crippen molar-refractivity contribution in [2.75, 3.05) is 18.2 Å². The number of nitrogen functional groups attached to an aromatic ring is 1. The second-order valence-electron chi connectivity index (χ2n) is 5.99. The summed E-state index contributed by atoms with van der Waals surface area (Å²) in [5.41, 5.74) is 7.66. The second kappa shape index (κ2) is 6.52. The van der Waals surface area contributed by atoms with Crippen molar-refractivity contribution in [2.45, 2.75) is 6.18 Å². The Kier molecular flexibility index (Phi) is 4.14. The molecule has 1 aromatic heterocycles. The van der Waals surface area contributed by atoms with Crippen molar-refractivity contribution < 1.29 is 17.9 Å². The van der Waals surface area contributed by atoms with Crippen LogP contribution in [-0.4, -0.2) is 22.8 Å². The van der Waals surface area contributed by atoms with Gasteiger partial charge in [0, 0.05) is 16.8 Å². The van der Waals surface area contributed by atoms with Crippen LogP contribution in [0, 0.1) is 0 Å². The number of para-hydroxylation sites is 1. The summed E-state index contributed by atoms with van der Waals surface area (Å²) in [5, 5.41) is 3.15. The maximum Gasteiger partial charge on any atom is 0.416 e. The first-order valence-corrected chi connectivity index (χ1v) is 8.21. The average molecular weight is 385 g/mol. The zero-order chi connectivity index (χ0) is 19.9. The summed E-state index contributed by atoms with van der Waals surface area (Å²) in [6, 6.07) is 12.1. The molecule has 0 atom stereocenters. The van der Waals surface area contributed by atoms with Crippen molar-refractivity contribution in [3.63, 3.8) is 0 Å². The molecule has 3 N–H and O–H groups in total. The summed E-state index contributed by atoms with van der Waals surface area (Å²) >= 11 is 0. The van der Waals surface area contributed by atoms with E-state index in [0.29, 0.717) is 34.0 Å². The molecule has 0 saturated carbocycles. The van der Waals surface area contributed by atoms with Crippen molar-refractivity contribution in [2.24, 2.45) is 4.99 Å². The highest BCUT2D eigenvalue weighted by Gasteiger charge is 2.30. The SMILES string of the molecule is COc1nc(N)nc2c1N=C(c1ccc(C(F)(F)F)cc1)c1ccccc1N2. The number of halogens is 3. The summed E-state index contributed by atoms with van der Waals surface area (Å²) in [6.45, 7) is 0. The van der Waals surface area contributed by atoms with Crippen LogP contribution in [-0.2, 0) is 6.18 Å². The lowest BCUT2D eigenvalue weighted by atomic mass is 9.99. The van der Waals surface area contributed by atoms with E-state index in [9.17, 15) is 13.2 Å². The molecule has 0 saturated heterocycles. The third-order valence-electron chi connectivity index (χ3n) is 4.21. The van der Waals surface area contributed by atoms with E-state index in [-0.39, 0.29) is 11.8 Å². The number of ether oxygens (including phenoxy) is 1. The molecule has 28 heavy (non-hydrogen) atoms. The van der Waals surface area contributed by atoms with Gasteiger partial charge in [-0.1, -0.05) is 30.3 Å². The highest BCUT2D eigenvalue weighted by atomic mass is 19.4. The number of hydrogen-bond donors (Lipinski definition) is 2. The van der Waals surface area contributed by atoms with Crippen molar-refractivity contribution in [3.8, 4) is 5.88 Å². The van der Waals surface area contributed by atoms with Crippen LogP contribution in [0.1, 0.15) is 16.7 Å². The van der Waals surface area contributed by atoms with E-state index in [1.54, 1.807) is 0 Å². The lowest BCUT2D eigenvalue weighted by Gasteiger charge is -2.11. The van der Waals surface area contributed by atoms with Crippen molar-refractivity contribution in [1.29, 1.82) is 0 Å². The van der Waals surface area contributed by atoms with Gasteiger partial charge in [-0.3, -0.25) is 0 Å². The van der Waals surface area contributed by atoms with Gasteiger partial charge in [0.15, 0.2) is 11.5 Å². The Morgan fingerprint density at radius 2 is 1.71 bits per heavy atom. The monoisotopic (exact) mass is 385 g/mol. The van der Waals surface area contributed by atoms with Gasteiger partial charge in [-0.05, 0) is 18.2 Å². The summed E-state index contributed by atoms with van der Waals surface area (Å²) in [5.74, 6) is 0.514. The van der Waals surface area contributed by atoms with E-state index in [2.05, 4.69) is 20.3 Å². The van der Waals surface area contributed by atoms with Gasteiger partial charge in [0.05, 0.1) is 18.4 Å². The molecule has 9 heteroatoms. The van der Waals surface area contributed by atoms with Crippen LogP contribution in [0.5, 0.6) is 5.88 Å². The average Bonchev–Trinajstić information content (AvgIpc) is 2.83. The van der Waals surface area contributed by atoms with Crippen LogP contribution >= 0.6 is 0 Å². The number of nitrogens with zero attached hydrogens (tertiary/aromatic N) is 3. The molecule has 0 bridgehead atoms. The number of methoxy groups -OCH3 is 1.